The molecule has 2 rings (SSSR count). The predicted molar refractivity (Wildman–Crippen MR) is 61.4 cm³/mol. The lowest BCUT2D eigenvalue weighted by Gasteiger charge is -2.10. The van der Waals surface area contributed by atoms with E-state index in [4.69, 9.17) is 0 Å². The van der Waals surface area contributed by atoms with E-state index in [1.165, 1.54) is 16.7 Å². The number of halogens is 2. The number of aromatic nitrogens is 2. The van der Waals surface area contributed by atoms with Crippen molar-refractivity contribution in [3.8, 4) is 0 Å². The summed E-state index contributed by atoms with van der Waals surface area (Å²) in [6, 6.07) is 4.34. The fourth-order valence-corrected chi connectivity index (χ4v) is 1.95. The topological polar surface area (TPSA) is 34.9 Å². The van der Waals surface area contributed by atoms with Crippen molar-refractivity contribution in [2.45, 2.75) is 26.8 Å². The molecule has 1 aromatic heterocycles. The second-order valence-electron chi connectivity index (χ2n) is 3.75. The van der Waals surface area contributed by atoms with Gasteiger partial charge in [-0.25, -0.2) is 13.8 Å². The van der Waals surface area contributed by atoms with Crippen LogP contribution in [0, 0.1) is 6.92 Å². The second kappa shape index (κ2) is 4.24. The normalized spacial score (nSPS) is 11.4. The zero-order valence-electron chi connectivity index (χ0n) is 9.58. The van der Waals surface area contributed by atoms with E-state index < -0.39 is 12.0 Å². The Morgan fingerprint density at radius 3 is 2.71 bits per heavy atom. The summed E-state index contributed by atoms with van der Waals surface area (Å²) in [7, 11) is 0. The number of nitrogens with zero attached hydrogens (tertiary/aromatic N) is 2. The number of hydrogen-bond acceptors (Lipinski definition) is 2. The predicted octanol–water partition coefficient (Wildman–Crippen LogP) is 2.66. The van der Waals surface area contributed by atoms with Crippen LogP contribution in [0.25, 0.3) is 10.9 Å². The summed E-state index contributed by atoms with van der Waals surface area (Å²) >= 11 is 0. The lowest BCUT2D eigenvalue weighted by atomic mass is 10.1. The molecule has 0 spiro atoms. The molecule has 5 heteroatoms. The summed E-state index contributed by atoms with van der Waals surface area (Å²) in [6.45, 7) is 3.90. The quantitative estimate of drug-likeness (QED) is 0.806. The van der Waals surface area contributed by atoms with Crippen LogP contribution in [0.15, 0.2) is 23.0 Å². The molecule has 0 bridgehead atoms. The van der Waals surface area contributed by atoms with Crippen LogP contribution in [0.4, 0.5) is 8.78 Å². The standard InChI is InChI=1S/C12H12F2N2O/c1-3-16-7(2)15-9-6-4-5-8(11(13)14)10(9)12(16)17/h4-6,11H,3H2,1-2H3. The molecular weight excluding hydrogens is 226 g/mol. The first-order valence-corrected chi connectivity index (χ1v) is 5.34. The number of benzene rings is 1. The number of rotatable bonds is 2. The maximum atomic E-state index is 12.8. The fraction of sp³-hybridized carbons (Fsp3) is 0.333. The third-order valence-corrected chi connectivity index (χ3v) is 2.76. The first-order chi connectivity index (χ1) is 8.06. The van der Waals surface area contributed by atoms with Crippen molar-refractivity contribution in [3.63, 3.8) is 0 Å². The Kier molecular flexibility index (Phi) is 2.92. The van der Waals surface area contributed by atoms with E-state index in [0.29, 0.717) is 17.9 Å². The minimum absolute atomic E-state index is 0.0231. The van der Waals surface area contributed by atoms with Gasteiger partial charge in [0.2, 0.25) is 0 Å². The van der Waals surface area contributed by atoms with E-state index in [2.05, 4.69) is 4.98 Å². The minimum atomic E-state index is -2.67. The molecule has 90 valence electrons. The molecule has 17 heavy (non-hydrogen) atoms. The lowest BCUT2D eigenvalue weighted by molar-refractivity contribution is 0.153. The molecule has 0 N–H and O–H groups in total. The van der Waals surface area contributed by atoms with Crippen LogP contribution in [0.5, 0.6) is 0 Å². The molecule has 3 nitrogen and oxygen atoms in total. The van der Waals surface area contributed by atoms with Gasteiger partial charge in [-0.1, -0.05) is 12.1 Å². The number of aryl methyl sites for hydroxylation is 1. The van der Waals surface area contributed by atoms with Crippen molar-refractivity contribution in [1.82, 2.24) is 9.55 Å². The number of alkyl halides is 2. The van der Waals surface area contributed by atoms with Gasteiger partial charge >= 0.3 is 0 Å². The molecule has 2 aromatic rings. The maximum Gasteiger partial charge on any atom is 0.264 e. The molecular formula is C12H12F2N2O. The Labute approximate surface area is 96.7 Å². The molecule has 1 heterocycles. The van der Waals surface area contributed by atoms with E-state index in [-0.39, 0.29) is 10.9 Å². The second-order valence-corrected chi connectivity index (χ2v) is 3.75. The Hall–Kier alpha value is -1.78. The average Bonchev–Trinajstić information content (AvgIpc) is 2.28. The van der Waals surface area contributed by atoms with Gasteiger partial charge in [-0.15, -0.1) is 0 Å². The van der Waals surface area contributed by atoms with Crippen molar-refractivity contribution in [2.75, 3.05) is 0 Å². The first-order valence-electron chi connectivity index (χ1n) is 5.34. The number of hydrogen-bond donors (Lipinski definition) is 0. The Balaban J connectivity index is 2.94. The molecule has 0 amide bonds. The van der Waals surface area contributed by atoms with Gasteiger partial charge in [0.1, 0.15) is 5.82 Å². The zero-order chi connectivity index (χ0) is 12.6. The highest BCUT2D eigenvalue weighted by Crippen LogP contribution is 2.24. The van der Waals surface area contributed by atoms with Crippen molar-refractivity contribution >= 4 is 10.9 Å². The zero-order valence-corrected chi connectivity index (χ0v) is 9.58. The van der Waals surface area contributed by atoms with Gasteiger partial charge in [0.25, 0.3) is 12.0 Å². The third-order valence-electron chi connectivity index (χ3n) is 2.76. The van der Waals surface area contributed by atoms with E-state index in [1.54, 1.807) is 19.9 Å². The van der Waals surface area contributed by atoms with Crippen LogP contribution in [-0.4, -0.2) is 9.55 Å². The van der Waals surface area contributed by atoms with Crippen molar-refractivity contribution in [1.29, 1.82) is 0 Å². The van der Waals surface area contributed by atoms with Gasteiger partial charge in [0, 0.05) is 12.1 Å². The summed E-state index contributed by atoms with van der Waals surface area (Å²) in [5.74, 6) is 0.538. The highest BCUT2D eigenvalue weighted by molar-refractivity contribution is 5.81. The molecule has 0 saturated heterocycles. The summed E-state index contributed by atoms with van der Waals surface area (Å²) in [5.41, 5.74) is -0.317. The van der Waals surface area contributed by atoms with Gasteiger partial charge in [0.05, 0.1) is 10.9 Å². The van der Waals surface area contributed by atoms with Gasteiger partial charge in [0.15, 0.2) is 0 Å². The van der Waals surface area contributed by atoms with Crippen LogP contribution in [0.1, 0.15) is 24.7 Å². The van der Waals surface area contributed by atoms with E-state index >= 15 is 0 Å². The molecule has 1 aromatic carbocycles. The van der Waals surface area contributed by atoms with Gasteiger partial charge < -0.3 is 0 Å². The Morgan fingerprint density at radius 2 is 2.12 bits per heavy atom. The van der Waals surface area contributed by atoms with Crippen LogP contribution in [-0.2, 0) is 6.54 Å². The van der Waals surface area contributed by atoms with Crippen molar-refractivity contribution in [2.24, 2.45) is 0 Å². The molecule has 0 radical (unpaired) electrons. The molecule has 0 saturated carbocycles. The van der Waals surface area contributed by atoms with Crippen molar-refractivity contribution in [3.05, 3.63) is 39.9 Å². The summed E-state index contributed by atoms with van der Waals surface area (Å²) in [5, 5.41) is 0.0231. The third kappa shape index (κ3) is 1.81. The highest BCUT2D eigenvalue weighted by Gasteiger charge is 2.16. The summed E-state index contributed by atoms with van der Waals surface area (Å²) in [4.78, 5) is 16.3. The largest absolute Gasteiger partial charge is 0.297 e. The monoisotopic (exact) mass is 238 g/mol. The average molecular weight is 238 g/mol. The molecule has 0 unspecified atom stereocenters. The summed E-state index contributed by atoms with van der Waals surface area (Å²) < 4.78 is 27.1. The van der Waals surface area contributed by atoms with E-state index in [1.807, 2.05) is 0 Å². The smallest absolute Gasteiger partial charge is 0.264 e. The Morgan fingerprint density at radius 1 is 1.41 bits per heavy atom. The van der Waals surface area contributed by atoms with Crippen LogP contribution < -0.4 is 5.56 Å². The lowest BCUT2D eigenvalue weighted by Crippen LogP contribution is -2.24. The highest BCUT2D eigenvalue weighted by atomic mass is 19.3. The van der Waals surface area contributed by atoms with Crippen LogP contribution in [0.2, 0.25) is 0 Å². The van der Waals surface area contributed by atoms with E-state index in [9.17, 15) is 13.6 Å². The molecule has 0 fully saturated rings. The molecule has 0 atom stereocenters. The van der Waals surface area contributed by atoms with Crippen molar-refractivity contribution < 1.29 is 8.78 Å². The summed E-state index contributed by atoms with van der Waals surface area (Å²) in [6.07, 6.45) is -2.67. The van der Waals surface area contributed by atoms with Gasteiger partial charge in [-0.3, -0.25) is 9.36 Å². The van der Waals surface area contributed by atoms with E-state index in [0.717, 1.165) is 0 Å². The molecule has 0 aliphatic heterocycles. The SMILES string of the molecule is CCn1c(C)nc2cccc(C(F)F)c2c1=O. The van der Waals surface area contributed by atoms with Crippen LogP contribution >= 0.6 is 0 Å². The molecule has 0 aliphatic rings. The van der Waals surface area contributed by atoms with Gasteiger partial charge in [-0.2, -0.15) is 0 Å². The fourth-order valence-electron chi connectivity index (χ4n) is 1.95. The first kappa shape index (κ1) is 11.7. The van der Waals surface area contributed by atoms with Crippen LogP contribution in [0.3, 0.4) is 0 Å². The molecule has 0 aliphatic carbocycles. The maximum absolute atomic E-state index is 12.8. The minimum Gasteiger partial charge on any atom is -0.297 e. The number of fused-ring (bicyclic) bond motifs is 1. The Bertz CT molecular complexity index is 620. The van der Waals surface area contributed by atoms with Gasteiger partial charge in [-0.05, 0) is 19.9 Å².